The van der Waals surface area contributed by atoms with Crippen LogP contribution in [0.3, 0.4) is 0 Å². The van der Waals surface area contributed by atoms with Crippen molar-refractivity contribution in [1.29, 1.82) is 0 Å². The van der Waals surface area contributed by atoms with E-state index in [9.17, 15) is 14.7 Å². The molecule has 0 unspecified atom stereocenters. The van der Waals surface area contributed by atoms with Crippen LogP contribution in [0, 0.1) is 6.92 Å². The van der Waals surface area contributed by atoms with Crippen molar-refractivity contribution in [3.05, 3.63) is 41.8 Å². The number of carbonyl (C=O) groups is 2. The highest BCUT2D eigenvalue weighted by Gasteiger charge is 2.45. The summed E-state index contributed by atoms with van der Waals surface area (Å²) in [6.07, 6.45) is 3.29. The lowest BCUT2D eigenvalue weighted by Gasteiger charge is -2.38. The Bertz CT molecular complexity index is 718. The van der Waals surface area contributed by atoms with Crippen LogP contribution in [0.25, 0.3) is 11.5 Å². The number of aryl methyl sites for hydroxylation is 1. The summed E-state index contributed by atoms with van der Waals surface area (Å²) < 4.78 is 5.27. The van der Waals surface area contributed by atoms with E-state index in [1.807, 2.05) is 0 Å². The molecular weight excluding hydrogens is 284 g/mol. The Morgan fingerprint density at radius 3 is 2.59 bits per heavy atom. The number of rotatable bonds is 4. The Kier molecular flexibility index (Phi) is 3.44. The maximum Gasteiger partial charge on any atom is 0.329 e. The van der Waals surface area contributed by atoms with E-state index in [1.165, 1.54) is 0 Å². The molecule has 1 saturated carbocycles. The molecule has 0 spiro atoms. The molecule has 0 aliphatic heterocycles. The summed E-state index contributed by atoms with van der Waals surface area (Å²) in [7, 11) is 0. The third kappa shape index (κ3) is 2.36. The lowest BCUT2D eigenvalue weighted by molar-refractivity contribution is -0.148. The van der Waals surface area contributed by atoms with Gasteiger partial charge >= 0.3 is 5.97 Å². The molecule has 6 heteroatoms. The summed E-state index contributed by atoms with van der Waals surface area (Å²) in [4.78, 5) is 28.0. The normalized spacial score (nSPS) is 15.9. The quantitative estimate of drug-likeness (QED) is 0.904. The zero-order valence-corrected chi connectivity index (χ0v) is 12.1. The van der Waals surface area contributed by atoms with E-state index < -0.39 is 17.4 Å². The second-order valence-corrected chi connectivity index (χ2v) is 5.50. The van der Waals surface area contributed by atoms with Crippen LogP contribution in [-0.2, 0) is 4.79 Å². The first kappa shape index (κ1) is 14.3. The molecule has 0 aromatic carbocycles. The molecule has 1 fully saturated rings. The van der Waals surface area contributed by atoms with Crippen LogP contribution >= 0.6 is 0 Å². The summed E-state index contributed by atoms with van der Waals surface area (Å²) >= 11 is 0. The van der Waals surface area contributed by atoms with Gasteiger partial charge < -0.3 is 14.8 Å². The van der Waals surface area contributed by atoms with Gasteiger partial charge in [0, 0.05) is 0 Å². The number of aromatic nitrogens is 1. The first-order chi connectivity index (χ1) is 10.5. The Balaban J connectivity index is 1.83. The van der Waals surface area contributed by atoms with Crippen molar-refractivity contribution in [2.24, 2.45) is 0 Å². The van der Waals surface area contributed by atoms with Crippen molar-refractivity contribution < 1.29 is 19.1 Å². The van der Waals surface area contributed by atoms with Crippen LogP contribution in [0.15, 0.2) is 34.9 Å². The molecule has 22 heavy (non-hydrogen) atoms. The van der Waals surface area contributed by atoms with Crippen molar-refractivity contribution in [3.8, 4) is 11.5 Å². The van der Waals surface area contributed by atoms with Gasteiger partial charge in [0.1, 0.15) is 11.2 Å². The monoisotopic (exact) mass is 300 g/mol. The Labute approximate surface area is 127 Å². The number of pyridine rings is 1. The highest BCUT2D eigenvalue weighted by molar-refractivity contribution is 5.99. The number of hydrogen-bond donors (Lipinski definition) is 2. The van der Waals surface area contributed by atoms with Crippen LogP contribution in [0.1, 0.15) is 35.3 Å². The minimum atomic E-state index is -1.12. The van der Waals surface area contributed by atoms with E-state index in [1.54, 1.807) is 37.5 Å². The van der Waals surface area contributed by atoms with E-state index in [0.29, 0.717) is 35.6 Å². The molecule has 2 N–H and O–H groups in total. The van der Waals surface area contributed by atoms with Gasteiger partial charge in [-0.05, 0) is 50.5 Å². The molecule has 0 saturated heterocycles. The number of carboxylic acid groups (broad SMARTS) is 1. The standard InChI is InChI=1S/C16H16N2O4/c1-10-11(5-6-12(17-10)13-4-2-9-22-13)14(19)18-16(15(20)21)7-3-8-16/h2,4-6,9H,3,7-8H2,1H3,(H,18,19)(H,20,21). The van der Waals surface area contributed by atoms with E-state index >= 15 is 0 Å². The highest BCUT2D eigenvalue weighted by atomic mass is 16.4. The highest BCUT2D eigenvalue weighted by Crippen LogP contribution is 2.32. The predicted molar refractivity (Wildman–Crippen MR) is 78.4 cm³/mol. The maximum atomic E-state index is 12.3. The molecule has 114 valence electrons. The van der Waals surface area contributed by atoms with E-state index in [0.717, 1.165) is 6.42 Å². The van der Waals surface area contributed by atoms with Crippen molar-refractivity contribution >= 4 is 11.9 Å². The summed E-state index contributed by atoms with van der Waals surface area (Å²) in [5, 5.41) is 11.9. The molecule has 2 heterocycles. The van der Waals surface area contributed by atoms with Crippen LogP contribution in [0.5, 0.6) is 0 Å². The van der Waals surface area contributed by atoms with E-state index in [4.69, 9.17) is 4.42 Å². The molecule has 1 aliphatic carbocycles. The van der Waals surface area contributed by atoms with Crippen molar-refractivity contribution in [2.75, 3.05) is 0 Å². The SMILES string of the molecule is Cc1nc(-c2ccco2)ccc1C(=O)NC1(C(=O)O)CCC1. The third-order valence-electron chi connectivity index (χ3n) is 4.07. The molecule has 0 atom stereocenters. The molecule has 1 amide bonds. The number of amides is 1. The number of aliphatic carboxylic acids is 1. The maximum absolute atomic E-state index is 12.3. The van der Waals surface area contributed by atoms with Crippen LogP contribution in [-0.4, -0.2) is 27.5 Å². The van der Waals surface area contributed by atoms with Gasteiger partial charge in [-0.1, -0.05) is 0 Å². The van der Waals surface area contributed by atoms with Gasteiger partial charge in [0.25, 0.3) is 5.91 Å². The van der Waals surface area contributed by atoms with E-state index in [-0.39, 0.29) is 0 Å². The Hall–Kier alpha value is -2.63. The first-order valence-electron chi connectivity index (χ1n) is 7.09. The van der Waals surface area contributed by atoms with Crippen molar-refractivity contribution in [1.82, 2.24) is 10.3 Å². The summed E-state index contributed by atoms with van der Waals surface area (Å²) in [5.41, 5.74) is 0.424. The first-order valence-corrected chi connectivity index (χ1v) is 7.09. The lowest BCUT2D eigenvalue weighted by Crippen LogP contribution is -2.59. The molecule has 2 aromatic rings. The number of hydrogen-bond acceptors (Lipinski definition) is 4. The fourth-order valence-corrected chi connectivity index (χ4v) is 2.57. The van der Waals surface area contributed by atoms with Gasteiger partial charge in [-0.15, -0.1) is 0 Å². The van der Waals surface area contributed by atoms with Crippen LogP contribution in [0.2, 0.25) is 0 Å². The molecule has 1 aliphatic rings. The number of furan rings is 1. The minimum Gasteiger partial charge on any atom is -0.480 e. The van der Waals surface area contributed by atoms with Gasteiger partial charge in [0.05, 0.1) is 17.5 Å². The number of carbonyl (C=O) groups excluding carboxylic acids is 1. The fraction of sp³-hybridized carbons (Fsp3) is 0.312. The van der Waals surface area contributed by atoms with Gasteiger partial charge in [-0.2, -0.15) is 0 Å². The smallest absolute Gasteiger partial charge is 0.329 e. The van der Waals surface area contributed by atoms with Crippen molar-refractivity contribution in [3.63, 3.8) is 0 Å². The van der Waals surface area contributed by atoms with Crippen LogP contribution in [0.4, 0.5) is 0 Å². The second-order valence-electron chi connectivity index (χ2n) is 5.50. The molecule has 2 aromatic heterocycles. The number of nitrogens with zero attached hydrogens (tertiary/aromatic N) is 1. The van der Waals surface area contributed by atoms with Gasteiger partial charge in [0.15, 0.2) is 5.76 Å². The zero-order chi connectivity index (χ0) is 15.7. The van der Waals surface area contributed by atoms with Gasteiger partial charge in [0.2, 0.25) is 0 Å². The molecular formula is C16H16N2O4. The Morgan fingerprint density at radius 1 is 1.32 bits per heavy atom. The average molecular weight is 300 g/mol. The summed E-state index contributed by atoms with van der Waals surface area (Å²) in [5.74, 6) is -0.765. The average Bonchev–Trinajstić information content (AvgIpc) is 2.96. The largest absolute Gasteiger partial charge is 0.480 e. The van der Waals surface area contributed by atoms with Gasteiger partial charge in [-0.25, -0.2) is 9.78 Å². The fourth-order valence-electron chi connectivity index (χ4n) is 2.57. The predicted octanol–water partition coefficient (Wildman–Crippen LogP) is 2.39. The topological polar surface area (TPSA) is 92.4 Å². The summed E-state index contributed by atoms with van der Waals surface area (Å²) in [6.45, 7) is 1.72. The Morgan fingerprint density at radius 2 is 2.09 bits per heavy atom. The molecule has 0 radical (unpaired) electrons. The number of nitrogens with one attached hydrogen (secondary N) is 1. The summed E-state index contributed by atoms with van der Waals surface area (Å²) in [6, 6.07) is 6.88. The molecule has 0 bridgehead atoms. The third-order valence-corrected chi connectivity index (χ3v) is 4.07. The lowest BCUT2D eigenvalue weighted by atomic mass is 9.76. The second kappa shape index (κ2) is 5.29. The minimum absolute atomic E-state index is 0.378. The molecule has 6 nitrogen and oxygen atoms in total. The van der Waals surface area contributed by atoms with Gasteiger partial charge in [-0.3, -0.25) is 4.79 Å². The number of carboxylic acids is 1. The van der Waals surface area contributed by atoms with Crippen LogP contribution < -0.4 is 5.32 Å². The van der Waals surface area contributed by atoms with E-state index in [2.05, 4.69) is 10.3 Å². The van der Waals surface area contributed by atoms with Crippen molar-refractivity contribution in [2.45, 2.75) is 31.7 Å². The zero-order valence-electron chi connectivity index (χ0n) is 12.1. The molecule has 3 rings (SSSR count).